The highest BCUT2D eigenvalue weighted by molar-refractivity contribution is 7.89. The zero-order valence-corrected chi connectivity index (χ0v) is 10.5. The minimum Gasteiger partial charge on any atom is -0.497 e. The lowest BCUT2D eigenvalue weighted by Crippen LogP contribution is -2.24. The van der Waals surface area contributed by atoms with Crippen LogP contribution in [0.15, 0.2) is 29.2 Å². The van der Waals surface area contributed by atoms with Crippen molar-refractivity contribution in [2.75, 3.05) is 20.3 Å². The van der Waals surface area contributed by atoms with Gasteiger partial charge in [-0.1, -0.05) is 0 Å². The Balaban J connectivity index is 2.62. The summed E-state index contributed by atoms with van der Waals surface area (Å²) in [4.78, 5) is 0.179. The number of hydrogen-bond donors (Lipinski definition) is 1. The van der Waals surface area contributed by atoms with Crippen molar-refractivity contribution < 1.29 is 17.5 Å². The SMILES string of the molecule is COc1ccc(S(=O)(=O)NCCCCF)cc1. The number of sulfonamides is 1. The Morgan fingerprint density at radius 1 is 1.24 bits per heavy atom. The second-order valence-corrected chi connectivity index (χ2v) is 5.24. The van der Waals surface area contributed by atoms with Crippen LogP contribution in [0.25, 0.3) is 0 Å². The Morgan fingerprint density at radius 2 is 1.88 bits per heavy atom. The molecular weight excluding hydrogens is 245 g/mol. The molecule has 6 heteroatoms. The van der Waals surface area contributed by atoms with Crippen LogP contribution in [0.4, 0.5) is 4.39 Å². The van der Waals surface area contributed by atoms with E-state index in [1.165, 1.54) is 19.2 Å². The minimum atomic E-state index is -3.49. The molecule has 0 aliphatic rings. The van der Waals surface area contributed by atoms with Crippen LogP contribution < -0.4 is 9.46 Å². The van der Waals surface area contributed by atoms with Crippen LogP contribution >= 0.6 is 0 Å². The summed E-state index contributed by atoms with van der Waals surface area (Å²) in [5, 5.41) is 0. The number of unbranched alkanes of at least 4 members (excludes halogenated alkanes) is 1. The van der Waals surface area contributed by atoms with Crippen LogP contribution in [0.2, 0.25) is 0 Å². The summed E-state index contributed by atoms with van der Waals surface area (Å²) in [7, 11) is -1.98. The zero-order chi connectivity index (χ0) is 12.7. The summed E-state index contributed by atoms with van der Waals surface area (Å²) in [6, 6.07) is 6.10. The Morgan fingerprint density at radius 3 is 2.41 bits per heavy atom. The number of halogens is 1. The number of alkyl halides is 1. The van der Waals surface area contributed by atoms with E-state index in [0.29, 0.717) is 18.6 Å². The van der Waals surface area contributed by atoms with Gasteiger partial charge >= 0.3 is 0 Å². The van der Waals surface area contributed by atoms with E-state index < -0.39 is 16.7 Å². The van der Waals surface area contributed by atoms with Gasteiger partial charge in [-0.2, -0.15) is 0 Å². The van der Waals surface area contributed by atoms with Crippen LogP contribution in [-0.2, 0) is 10.0 Å². The Kier molecular flexibility index (Phi) is 5.37. The van der Waals surface area contributed by atoms with Gasteiger partial charge < -0.3 is 4.74 Å². The predicted molar refractivity (Wildman–Crippen MR) is 63.4 cm³/mol. The molecule has 1 N–H and O–H groups in total. The Hall–Kier alpha value is -1.14. The van der Waals surface area contributed by atoms with Crippen molar-refractivity contribution in [3.63, 3.8) is 0 Å². The molecule has 0 spiro atoms. The zero-order valence-electron chi connectivity index (χ0n) is 9.65. The van der Waals surface area contributed by atoms with Gasteiger partial charge in [-0.15, -0.1) is 0 Å². The first-order valence-electron chi connectivity index (χ1n) is 5.30. The van der Waals surface area contributed by atoms with Gasteiger partial charge in [-0.3, -0.25) is 4.39 Å². The van der Waals surface area contributed by atoms with E-state index in [1.807, 2.05) is 0 Å². The standard InChI is InChI=1S/C11H16FNO3S/c1-16-10-4-6-11(7-5-10)17(14,15)13-9-3-2-8-12/h4-7,13H,2-3,8-9H2,1H3. The third-order valence-corrected chi connectivity index (χ3v) is 3.70. The van der Waals surface area contributed by atoms with Gasteiger partial charge in [0.25, 0.3) is 0 Å². The fourth-order valence-corrected chi connectivity index (χ4v) is 2.34. The van der Waals surface area contributed by atoms with Crippen molar-refractivity contribution in [1.82, 2.24) is 4.72 Å². The van der Waals surface area contributed by atoms with Crippen molar-refractivity contribution in [3.8, 4) is 5.75 Å². The van der Waals surface area contributed by atoms with Gasteiger partial charge in [-0.05, 0) is 37.1 Å². The third kappa shape index (κ3) is 4.32. The van der Waals surface area contributed by atoms with E-state index in [1.54, 1.807) is 12.1 Å². The summed E-state index contributed by atoms with van der Waals surface area (Å²) in [5.74, 6) is 0.598. The molecule has 17 heavy (non-hydrogen) atoms. The molecule has 0 fully saturated rings. The quantitative estimate of drug-likeness (QED) is 0.760. The van der Waals surface area contributed by atoms with E-state index in [2.05, 4.69) is 4.72 Å². The van der Waals surface area contributed by atoms with E-state index in [9.17, 15) is 12.8 Å². The summed E-state index contributed by atoms with van der Waals surface area (Å²) < 4.78 is 42.7. The fourth-order valence-electron chi connectivity index (χ4n) is 1.26. The average molecular weight is 261 g/mol. The molecule has 0 amide bonds. The highest BCUT2D eigenvalue weighted by Crippen LogP contribution is 2.15. The molecule has 0 bridgehead atoms. The molecular formula is C11H16FNO3S. The number of benzene rings is 1. The second-order valence-electron chi connectivity index (χ2n) is 3.47. The van der Waals surface area contributed by atoms with Crippen molar-refractivity contribution in [3.05, 3.63) is 24.3 Å². The summed E-state index contributed by atoms with van der Waals surface area (Å²) >= 11 is 0. The summed E-state index contributed by atoms with van der Waals surface area (Å²) in [6.45, 7) is -0.178. The third-order valence-electron chi connectivity index (χ3n) is 2.22. The Labute approximate surface area is 101 Å². The molecule has 1 rings (SSSR count). The molecule has 0 aliphatic heterocycles. The molecule has 1 aromatic rings. The van der Waals surface area contributed by atoms with Crippen LogP contribution in [-0.4, -0.2) is 28.7 Å². The lowest BCUT2D eigenvalue weighted by atomic mass is 10.3. The maximum absolute atomic E-state index is 11.8. The van der Waals surface area contributed by atoms with Gasteiger partial charge in [0.2, 0.25) is 10.0 Å². The molecule has 0 aromatic heterocycles. The van der Waals surface area contributed by atoms with Crippen molar-refractivity contribution >= 4 is 10.0 Å². The van der Waals surface area contributed by atoms with Crippen LogP contribution in [0.5, 0.6) is 5.75 Å². The largest absolute Gasteiger partial charge is 0.497 e. The van der Waals surface area contributed by atoms with Crippen LogP contribution in [0.3, 0.4) is 0 Å². The topological polar surface area (TPSA) is 55.4 Å². The van der Waals surface area contributed by atoms with E-state index >= 15 is 0 Å². The molecule has 96 valence electrons. The molecule has 0 radical (unpaired) electrons. The number of nitrogens with one attached hydrogen (secondary N) is 1. The molecule has 0 heterocycles. The number of ether oxygens (including phenoxy) is 1. The minimum absolute atomic E-state index is 0.179. The normalized spacial score (nSPS) is 11.4. The van der Waals surface area contributed by atoms with E-state index in [0.717, 1.165) is 0 Å². The predicted octanol–water partition coefficient (Wildman–Crippen LogP) is 1.72. The molecule has 4 nitrogen and oxygen atoms in total. The first-order chi connectivity index (χ1) is 8.10. The lowest BCUT2D eigenvalue weighted by Gasteiger charge is -2.06. The maximum atomic E-state index is 11.8. The van der Waals surface area contributed by atoms with Gasteiger partial charge in [0.1, 0.15) is 5.75 Å². The lowest BCUT2D eigenvalue weighted by molar-refractivity contribution is 0.414. The first-order valence-corrected chi connectivity index (χ1v) is 6.78. The van der Waals surface area contributed by atoms with E-state index in [4.69, 9.17) is 4.74 Å². The summed E-state index contributed by atoms with van der Waals surface area (Å²) in [5.41, 5.74) is 0. The molecule has 0 atom stereocenters. The van der Waals surface area contributed by atoms with Crippen molar-refractivity contribution in [2.45, 2.75) is 17.7 Å². The number of methoxy groups -OCH3 is 1. The molecule has 0 aliphatic carbocycles. The van der Waals surface area contributed by atoms with Gasteiger partial charge in [-0.25, -0.2) is 13.1 Å². The van der Waals surface area contributed by atoms with Gasteiger partial charge in [0.05, 0.1) is 18.7 Å². The second kappa shape index (κ2) is 6.56. The first kappa shape index (κ1) is 13.9. The number of rotatable bonds is 7. The average Bonchev–Trinajstić information content (AvgIpc) is 2.35. The molecule has 0 saturated carbocycles. The summed E-state index contributed by atoms with van der Waals surface area (Å²) in [6.07, 6.45) is 0.858. The molecule has 0 unspecified atom stereocenters. The number of hydrogen-bond acceptors (Lipinski definition) is 3. The monoisotopic (exact) mass is 261 g/mol. The Bertz CT molecular complexity index is 431. The van der Waals surface area contributed by atoms with Crippen molar-refractivity contribution in [1.29, 1.82) is 0 Å². The molecule has 1 aromatic carbocycles. The highest BCUT2D eigenvalue weighted by Gasteiger charge is 2.12. The van der Waals surface area contributed by atoms with Crippen molar-refractivity contribution in [2.24, 2.45) is 0 Å². The maximum Gasteiger partial charge on any atom is 0.240 e. The van der Waals surface area contributed by atoms with Gasteiger partial charge in [0.15, 0.2) is 0 Å². The smallest absolute Gasteiger partial charge is 0.240 e. The highest BCUT2D eigenvalue weighted by atomic mass is 32.2. The fraction of sp³-hybridized carbons (Fsp3) is 0.455. The molecule has 0 saturated heterocycles. The van der Waals surface area contributed by atoms with Crippen LogP contribution in [0.1, 0.15) is 12.8 Å². The van der Waals surface area contributed by atoms with Crippen LogP contribution in [0, 0.1) is 0 Å². The van der Waals surface area contributed by atoms with Gasteiger partial charge in [0, 0.05) is 6.54 Å². The van der Waals surface area contributed by atoms with E-state index in [-0.39, 0.29) is 11.4 Å².